The summed E-state index contributed by atoms with van der Waals surface area (Å²) in [6.07, 6.45) is 4.33. The van der Waals surface area contributed by atoms with Crippen molar-refractivity contribution in [1.29, 1.82) is 0 Å². The Hall–Kier alpha value is -3.33. The molecule has 2 aliphatic rings. The van der Waals surface area contributed by atoms with Crippen molar-refractivity contribution in [2.75, 3.05) is 19.6 Å². The van der Waals surface area contributed by atoms with Gasteiger partial charge in [-0.1, -0.05) is 41.9 Å². The Morgan fingerprint density at radius 3 is 2.47 bits per heavy atom. The van der Waals surface area contributed by atoms with Crippen LogP contribution in [0.25, 0.3) is 11.3 Å². The van der Waals surface area contributed by atoms with Gasteiger partial charge in [-0.15, -0.1) is 0 Å². The van der Waals surface area contributed by atoms with Crippen molar-refractivity contribution in [2.24, 2.45) is 0 Å². The molecule has 2 N–H and O–H groups in total. The molecule has 2 heterocycles. The fraction of sp³-hybridized carbons (Fsp3) is 0.345. The summed E-state index contributed by atoms with van der Waals surface area (Å²) in [6, 6.07) is 13.6. The van der Waals surface area contributed by atoms with Crippen LogP contribution in [0.3, 0.4) is 0 Å². The number of nitrogens with one attached hydrogen (secondary N) is 1. The minimum atomic E-state index is -1.08. The maximum absolute atomic E-state index is 13.2. The minimum absolute atomic E-state index is 0.192. The Bertz CT molecular complexity index is 1290. The van der Waals surface area contributed by atoms with Gasteiger partial charge in [0.2, 0.25) is 5.78 Å². The van der Waals surface area contributed by atoms with Crippen LogP contribution in [0.1, 0.15) is 47.7 Å². The molecule has 198 valence electrons. The first-order valence-electron chi connectivity index (χ1n) is 12.8. The van der Waals surface area contributed by atoms with Crippen molar-refractivity contribution >= 4 is 23.3 Å². The summed E-state index contributed by atoms with van der Waals surface area (Å²) in [6.45, 7) is 2.12. The SMILES string of the molecule is O=C(N[C@H](CN1CCCC1)[C@H](O)c1ccc(OC2CC2)c(Cl)c1)C(=O)c1ccc(-c2ccc(F)cn2)cc1. The molecule has 1 aliphatic carbocycles. The maximum Gasteiger partial charge on any atom is 0.292 e. The molecule has 0 spiro atoms. The number of aliphatic hydroxyl groups excluding tert-OH is 1. The van der Waals surface area contributed by atoms with E-state index in [1.807, 2.05) is 0 Å². The third-order valence-corrected chi connectivity index (χ3v) is 7.14. The number of hydrogen-bond donors (Lipinski definition) is 2. The van der Waals surface area contributed by atoms with Crippen LogP contribution < -0.4 is 10.1 Å². The number of aromatic nitrogens is 1. The van der Waals surface area contributed by atoms with E-state index in [-0.39, 0.29) is 11.7 Å². The number of aliphatic hydroxyl groups is 1. The Morgan fingerprint density at radius 2 is 1.84 bits per heavy atom. The molecule has 2 fully saturated rings. The van der Waals surface area contributed by atoms with Crippen LogP contribution in [0.2, 0.25) is 5.02 Å². The smallest absolute Gasteiger partial charge is 0.292 e. The summed E-state index contributed by atoms with van der Waals surface area (Å²) in [4.78, 5) is 32.2. The number of benzene rings is 2. The number of halogens is 2. The lowest BCUT2D eigenvalue weighted by Gasteiger charge is -2.28. The zero-order chi connectivity index (χ0) is 26.6. The number of likely N-dealkylation sites (tertiary alicyclic amines) is 1. The molecule has 9 heteroatoms. The first-order valence-corrected chi connectivity index (χ1v) is 13.2. The van der Waals surface area contributed by atoms with Crippen LogP contribution in [0.15, 0.2) is 60.8 Å². The summed E-state index contributed by atoms with van der Waals surface area (Å²) in [7, 11) is 0. The first-order chi connectivity index (χ1) is 18.4. The van der Waals surface area contributed by atoms with Gasteiger partial charge in [0.25, 0.3) is 5.91 Å². The van der Waals surface area contributed by atoms with Crippen LogP contribution in [0, 0.1) is 5.82 Å². The predicted molar refractivity (Wildman–Crippen MR) is 142 cm³/mol. The Balaban J connectivity index is 1.29. The highest BCUT2D eigenvalue weighted by Crippen LogP contribution is 2.34. The van der Waals surface area contributed by atoms with Crippen LogP contribution in [0.4, 0.5) is 4.39 Å². The average molecular weight is 538 g/mol. The fourth-order valence-corrected chi connectivity index (χ4v) is 4.80. The second kappa shape index (κ2) is 11.6. The first kappa shape index (κ1) is 26.3. The van der Waals surface area contributed by atoms with E-state index in [1.54, 1.807) is 36.4 Å². The monoisotopic (exact) mass is 537 g/mol. The van der Waals surface area contributed by atoms with Gasteiger partial charge < -0.3 is 20.1 Å². The fourth-order valence-electron chi connectivity index (χ4n) is 4.57. The van der Waals surface area contributed by atoms with Gasteiger partial charge in [-0.2, -0.15) is 0 Å². The number of carbonyl (C=O) groups is 2. The molecule has 5 rings (SSSR count). The van der Waals surface area contributed by atoms with Gasteiger partial charge in [0.1, 0.15) is 17.7 Å². The van der Waals surface area contributed by atoms with Crippen molar-refractivity contribution < 1.29 is 23.8 Å². The molecule has 7 nitrogen and oxygen atoms in total. The normalized spacial score (nSPS) is 17.1. The summed E-state index contributed by atoms with van der Waals surface area (Å²) >= 11 is 6.41. The van der Waals surface area contributed by atoms with Crippen LogP contribution in [-0.2, 0) is 4.79 Å². The number of carbonyl (C=O) groups excluding carboxylic acids is 2. The van der Waals surface area contributed by atoms with Gasteiger partial charge in [-0.25, -0.2) is 4.39 Å². The van der Waals surface area contributed by atoms with E-state index in [9.17, 15) is 19.1 Å². The molecule has 3 aromatic rings. The van der Waals surface area contributed by atoms with Crippen LogP contribution in [0.5, 0.6) is 5.75 Å². The Kier molecular flexibility index (Phi) is 8.02. The Labute approximate surface area is 225 Å². The van der Waals surface area contributed by atoms with E-state index in [0.29, 0.717) is 34.1 Å². The molecular weight excluding hydrogens is 509 g/mol. The van der Waals surface area contributed by atoms with E-state index in [1.165, 1.54) is 18.2 Å². The number of ether oxygens (including phenoxy) is 1. The van der Waals surface area contributed by atoms with Crippen molar-refractivity contribution in [3.8, 4) is 17.0 Å². The zero-order valence-electron chi connectivity index (χ0n) is 20.8. The molecule has 1 amide bonds. The summed E-state index contributed by atoms with van der Waals surface area (Å²) in [5.41, 5.74) is 1.98. The van der Waals surface area contributed by atoms with E-state index >= 15 is 0 Å². The number of pyridine rings is 1. The molecule has 1 aliphatic heterocycles. The standard InChI is InChI=1S/C29H29ClFN3O4/c30-23-15-20(7-12-26(23)38-22-9-10-22)27(35)25(17-34-13-1-2-14-34)33-29(37)28(36)19-5-3-18(4-6-19)24-11-8-21(31)16-32-24/h3-8,11-12,15-16,22,25,27,35H,1-2,9-10,13-14,17H2,(H,33,37)/t25-,27-/m1/s1. The van der Waals surface area contributed by atoms with Crippen molar-refractivity contribution in [3.05, 3.63) is 82.8 Å². The molecule has 1 saturated heterocycles. The molecule has 2 aromatic carbocycles. The van der Waals surface area contributed by atoms with E-state index in [4.69, 9.17) is 16.3 Å². The van der Waals surface area contributed by atoms with Crippen molar-refractivity contribution in [2.45, 2.75) is 43.9 Å². The number of amides is 1. The largest absolute Gasteiger partial charge is 0.489 e. The van der Waals surface area contributed by atoms with Crippen molar-refractivity contribution in [1.82, 2.24) is 15.2 Å². The molecule has 1 saturated carbocycles. The predicted octanol–water partition coefficient (Wildman–Crippen LogP) is 4.58. The van der Waals surface area contributed by atoms with Crippen LogP contribution in [-0.4, -0.2) is 58.5 Å². The van der Waals surface area contributed by atoms with Gasteiger partial charge in [0.15, 0.2) is 0 Å². The lowest BCUT2D eigenvalue weighted by Crippen LogP contribution is -2.48. The highest BCUT2D eigenvalue weighted by molar-refractivity contribution is 6.42. The van der Waals surface area contributed by atoms with Gasteiger partial charge >= 0.3 is 0 Å². The summed E-state index contributed by atoms with van der Waals surface area (Å²) < 4.78 is 18.9. The van der Waals surface area contributed by atoms with Crippen LogP contribution >= 0.6 is 11.6 Å². The maximum atomic E-state index is 13.2. The second-order valence-corrected chi connectivity index (χ2v) is 10.2. The number of hydrogen-bond acceptors (Lipinski definition) is 6. The minimum Gasteiger partial charge on any atom is -0.489 e. The van der Waals surface area contributed by atoms with Crippen molar-refractivity contribution in [3.63, 3.8) is 0 Å². The average Bonchev–Trinajstić information content (AvgIpc) is 3.60. The topological polar surface area (TPSA) is 91.8 Å². The van der Waals surface area contributed by atoms with Gasteiger partial charge in [-0.3, -0.25) is 14.6 Å². The molecule has 38 heavy (non-hydrogen) atoms. The molecule has 0 radical (unpaired) electrons. The van der Waals surface area contributed by atoms with E-state index in [2.05, 4.69) is 15.2 Å². The number of rotatable bonds is 10. The molecule has 0 bridgehead atoms. The van der Waals surface area contributed by atoms with Gasteiger partial charge in [0.05, 0.1) is 29.1 Å². The lowest BCUT2D eigenvalue weighted by atomic mass is 10.0. The third-order valence-electron chi connectivity index (χ3n) is 6.84. The number of nitrogens with zero attached hydrogens (tertiary/aromatic N) is 2. The molecule has 0 unspecified atom stereocenters. The lowest BCUT2D eigenvalue weighted by molar-refractivity contribution is -0.118. The second-order valence-electron chi connectivity index (χ2n) is 9.81. The van der Waals surface area contributed by atoms with E-state index in [0.717, 1.165) is 45.0 Å². The molecule has 2 atom stereocenters. The Morgan fingerprint density at radius 1 is 1.11 bits per heavy atom. The highest BCUT2D eigenvalue weighted by atomic mass is 35.5. The third kappa shape index (κ3) is 6.38. The number of Topliss-reactive ketones (excluding diaryl/α,β-unsaturated/α-hetero) is 1. The zero-order valence-corrected chi connectivity index (χ0v) is 21.5. The van der Waals surface area contributed by atoms with E-state index < -0.39 is 29.7 Å². The van der Waals surface area contributed by atoms with Gasteiger partial charge in [-0.05, 0) is 68.6 Å². The molecular formula is C29H29ClFN3O4. The highest BCUT2D eigenvalue weighted by Gasteiger charge is 2.30. The van der Waals surface area contributed by atoms with Gasteiger partial charge in [0, 0.05) is 17.7 Å². The number of ketones is 1. The molecule has 1 aromatic heterocycles. The quantitative estimate of drug-likeness (QED) is 0.290. The summed E-state index contributed by atoms with van der Waals surface area (Å²) in [5.74, 6) is -1.39. The summed E-state index contributed by atoms with van der Waals surface area (Å²) in [5, 5.41) is 14.4.